The second kappa shape index (κ2) is 7.05. The molecule has 1 aromatic heterocycles. The summed E-state index contributed by atoms with van der Waals surface area (Å²) in [4.78, 5) is 24.6. The van der Waals surface area contributed by atoms with E-state index >= 15 is 0 Å². The number of carbonyl (C=O) groups excluding carboxylic acids is 2. The van der Waals surface area contributed by atoms with Crippen LogP contribution in [-0.2, 0) is 9.53 Å². The number of benzene rings is 2. The van der Waals surface area contributed by atoms with E-state index in [1.54, 1.807) is 13.1 Å². The maximum absolute atomic E-state index is 12.6. The Kier molecular flexibility index (Phi) is 4.66. The van der Waals surface area contributed by atoms with Gasteiger partial charge in [0, 0.05) is 17.3 Å². The Morgan fingerprint density at radius 2 is 1.52 bits per heavy atom. The molecular formula is C20H18N2O3. The molecular weight excluding hydrogens is 316 g/mol. The maximum atomic E-state index is 12.6. The summed E-state index contributed by atoms with van der Waals surface area (Å²) in [6.45, 7) is 1.78. The summed E-state index contributed by atoms with van der Waals surface area (Å²) >= 11 is 0. The summed E-state index contributed by atoms with van der Waals surface area (Å²) in [7, 11) is 0. The Morgan fingerprint density at radius 3 is 2.08 bits per heavy atom. The Balaban J connectivity index is 2.24. The number of nitrogen functional groups attached to an aromatic ring is 1. The average molecular weight is 334 g/mol. The zero-order valence-corrected chi connectivity index (χ0v) is 13.8. The molecule has 0 radical (unpaired) electrons. The van der Waals surface area contributed by atoms with Crippen LogP contribution in [0, 0.1) is 0 Å². The van der Waals surface area contributed by atoms with Crippen LogP contribution in [-0.4, -0.2) is 23.0 Å². The standard InChI is InChI=1S/C20H18N2O3/c1-2-25-20(24)19(23)18-17(15-11-7-4-8-12-15)16(13-22(18)21)14-9-5-3-6-10-14/h3-13H,2,21H2,1H3. The number of hydrogen-bond donors (Lipinski definition) is 1. The molecule has 0 unspecified atom stereocenters. The summed E-state index contributed by atoms with van der Waals surface area (Å²) < 4.78 is 6.06. The zero-order valence-electron chi connectivity index (χ0n) is 13.8. The van der Waals surface area contributed by atoms with Gasteiger partial charge in [-0.15, -0.1) is 0 Å². The van der Waals surface area contributed by atoms with Crippen LogP contribution in [0.1, 0.15) is 17.4 Å². The van der Waals surface area contributed by atoms with Gasteiger partial charge < -0.3 is 10.6 Å². The lowest BCUT2D eigenvalue weighted by atomic mass is 9.95. The van der Waals surface area contributed by atoms with Crippen molar-refractivity contribution in [1.29, 1.82) is 0 Å². The molecule has 3 rings (SSSR count). The average Bonchev–Trinajstić information content (AvgIpc) is 3.00. The topological polar surface area (TPSA) is 74.3 Å². The quantitative estimate of drug-likeness (QED) is 0.336. The predicted molar refractivity (Wildman–Crippen MR) is 96.4 cm³/mol. The van der Waals surface area contributed by atoms with Crippen LogP contribution in [0.15, 0.2) is 66.9 Å². The molecule has 2 N–H and O–H groups in total. The molecule has 0 aliphatic heterocycles. The van der Waals surface area contributed by atoms with E-state index in [1.807, 2.05) is 60.7 Å². The number of ether oxygens (including phenoxy) is 1. The van der Waals surface area contributed by atoms with E-state index in [2.05, 4.69) is 0 Å². The minimum atomic E-state index is -0.913. The molecule has 0 amide bonds. The molecule has 1 heterocycles. The third-order valence-electron chi connectivity index (χ3n) is 3.86. The van der Waals surface area contributed by atoms with Crippen molar-refractivity contribution in [2.24, 2.45) is 0 Å². The zero-order chi connectivity index (χ0) is 17.8. The molecule has 2 aromatic carbocycles. The molecule has 0 spiro atoms. The molecule has 0 saturated heterocycles. The van der Waals surface area contributed by atoms with Crippen LogP contribution in [0.25, 0.3) is 22.3 Å². The molecule has 0 saturated carbocycles. The minimum Gasteiger partial charge on any atom is -0.460 e. The third-order valence-corrected chi connectivity index (χ3v) is 3.86. The van der Waals surface area contributed by atoms with E-state index in [0.29, 0.717) is 5.56 Å². The van der Waals surface area contributed by atoms with Gasteiger partial charge in [-0.05, 0) is 18.1 Å². The predicted octanol–water partition coefficient (Wildman–Crippen LogP) is 3.28. The van der Waals surface area contributed by atoms with Crippen LogP contribution in [0.4, 0.5) is 0 Å². The highest BCUT2D eigenvalue weighted by Crippen LogP contribution is 2.36. The van der Waals surface area contributed by atoms with Crippen molar-refractivity contribution in [3.05, 3.63) is 72.6 Å². The number of hydrogen-bond acceptors (Lipinski definition) is 4. The molecule has 0 aliphatic carbocycles. The van der Waals surface area contributed by atoms with Gasteiger partial charge in [-0.2, -0.15) is 0 Å². The first kappa shape index (κ1) is 16.5. The lowest BCUT2D eigenvalue weighted by Gasteiger charge is -2.08. The normalized spacial score (nSPS) is 10.4. The maximum Gasteiger partial charge on any atom is 0.381 e. The van der Waals surface area contributed by atoms with E-state index < -0.39 is 11.8 Å². The molecule has 5 nitrogen and oxygen atoms in total. The fourth-order valence-corrected chi connectivity index (χ4v) is 2.78. The number of nitrogens with two attached hydrogens (primary N) is 1. The molecule has 126 valence electrons. The Bertz CT molecular complexity index is 899. The molecule has 0 atom stereocenters. The SMILES string of the molecule is CCOC(=O)C(=O)c1c(-c2ccccc2)c(-c2ccccc2)cn1N. The summed E-state index contributed by atoms with van der Waals surface area (Å²) in [6, 6.07) is 19.0. The number of aromatic nitrogens is 1. The van der Waals surface area contributed by atoms with Crippen LogP contribution in [0.5, 0.6) is 0 Å². The van der Waals surface area contributed by atoms with Crippen molar-refractivity contribution in [3.63, 3.8) is 0 Å². The first-order chi connectivity index (χ1) is 12.1. The summed E-state index contributed by atoms with van der Waals surface area (Å²) in [5.74, 6) is 4.37. The molecule has 3 aromatic rings. The van der Waals surface area contributed by atoms with Crippen LogP contribution in [0.2, 0.25) is 0 Å². The van der Waals surface area contributed by atoms with Gasteiger partial charge in [-0.1, -0.05) is 60.7 Å². The third kappa shape index (κ3) is 3.17. The summed E-state index contributed by atoms with van der Waals surface area (Å²) in [5.41, 5.74) is 3.22. The lowest BCUT2D eigenvalue weighted by molar-refractivity contribution is -0.137. The van der Waals surface area contributed by atoms with Crippen LogP contribution < -0.4 is 5.84 Å². The van der Waals surface area contributed by atoms with Gasteiger partial charge in [0.05, 0.1) is 6.61 Å². The Hall–Kier alpha value is -3.34. The van der Waals surface area contributed by atoms with Gasteiger partial charge in [0.1, 0.15) is 5.69 Å². The van der Waals surface area contributed by atoms with E-state index in [9.17, 15) is 9.59 Å². The highest BCUT2D eigenvalue weighted by molar-refractivity contribution is 6.41. The first-order valence-electron chi connectivity index (χ1n) is 7.96. The van der Waals surface area contributed by atoms with Crippen molar-refractivity contribution in [3.8, 4) is 22.3 Å². The molecule has 0 bridgehead atoms. The molecule has 0 aliphatic rings. The number of rotatable bonds is 5. The monoisotopic (exact) mass is 334 g/mol. The van der Waals surface area contributed by atoms with Crippen molar-refractivity contribution in [1.82, 2.24) is 4.68 Å². The fraction of sp³-hybridized carbons (Fsp3) is 0.100. The summed E-state index contributed by atoms with van der Waals surface area (Å²) in [6.07, 6.45) is 1.66. The van der Waals surface area contributed by atoms with Gasteiger partial charge in [-0.3, -0.25) is 9.47 Å². The van der Waals surface area contributed by atoms with E-state index in [4.69, 9.17) is 10.6 Å². The van der Waals surface area contributed by atoms with Crippen molar-refractivity contribution < 1.29 is 14.3 Å². The van der Waals surface area contributed by atoms with E-state index in [1.165, 1.54) is 4.68 Å². The van der Waals surface area contributed by atoms with Gasteiger partial charge in [0.2, 0.25) is 0 Å². The van der Waals surface area contributed by atoms with Crippen molar-refractivity contribution >= 4 is 11.8 Å². The second-order valence-electron chi connectivity index (χ2n) is 5.46. The Labute approximate surface area is 145 Å². The van der Waals surface area contributed by atoms with E-state index in [-0.39, 0.29) is 12.3 Å². The number of ketones is 1. The second-order valence-corrected chi connectivity index (χ2v) is 5.46. The van der Waals surface area contributed by atoms with Crippen molar-refractivity contribution in [2.75, 3.05) is 12.4 Å². The molecule has 0 fully saturated rings. The fourth-order valence-electron chi connectivity index (χ4n) is 2.78. The first-order valence-corrected chi connectivity index (χ1v) is 7.96. The Morgan fingerprint density at radius 1 is 0.960 bits per heavy atom. The van der Waals surface area contributed by atoms with Crippen LogP contribution >= 0.6 is 0 Å². The van der Waals surface area contributed by atoms with Crippen molar-refractivity contribution in [2.45, 2.75) is 6.92 Å². The van der Waals surface area contributed by atoms with Crippen LogP contribution in [0.3, 0.4) is 0 Å². The molecule has 25 heavy (non-hydrogen) atoms. The van der Waals surface area contributed by atoms with Gasteiger partial charge in [0.25, 0.3) is 5.78 Å². The number of nitrogens with zero attached hydrogens (tertiary/aromatic N) is 1. The van der Waals surface area contributed by atoms with Gasteiger partial charge in [0.15, 0.2) is 0 Å². The van der Waals surface area contributed by atoms with Gasteiger partial charge >= 0.3 is 5.97 Å². The van der Waals surface area contributed by atoms with Gasteiger partial charge in [-0.25, -0.2) is 4.79 Å². The number of Topliss-reactive ketones (excluding diaryl/α,β-unsaturated/α-hetero) is 1. The minimum absolute atomic E-state index is 0.114. The number of esters is 1. The highest BCUT2D eigenvalue weighted by atomic mass is 16.5. The lowest BCUT2D eigenvalue weighted by Crippen LogP contribution is -2.24. The van der Waals surface area contributed by atoms with E-state index in [0.717, 1.165) is 16.7 Å². The largest absolute Gasteiger partial charge is 0.460 e. The number of carbonyl (C=O) groups is 2. The summed E-state index contributed by atoms with van der Waals surface area (Å²) in [5, 5.41) is 0. The highest BCUT2D eigenvalue weighted by Gasteiger charge is 2.28. The smallest absolute Gasteiger partial charge is 0.381 e. The molecule has 5 heteroatoms.